The number of aryl methyl sites for hydroxylation is 1. The van der Waals surface area contributed by atoms with E-state index in [-0.39, 0.29) is 6.03 Å². The molecule has 3 aromatic carbocycles. The SMILES string of the molecule is COc1ccccc1CCNC(=O)Nc1ccc(-c2nc3ccc(C)cc3s2)cc1. The van der Waals surface area contributed by atoms with Gasteiger partial charge in [-0.05, 0) is 66.9 Å². The van der Waals surface area contributed by atoms with Gasteiger partial charge in [-0.3, -0.25) is 0 Å². The minimum absolute atomic E-state index is 0.229. The van der Waals surface area contributed by atoms with Crippen LogP contribution in [0.2, 0.25) is 0 Å². The van der Waals surface area contributed by atoms with Gasteiger partial charge >= 0.3 is 6.03 Å². The van der Waals surface area contributed by atoms with E-state index in [4.69, 9.17) is 9.72 Å². The molecule has 0 unspecified atom stereocenters. The fraction of sp³-hybridized carbons (Fsp3) is 0.167. The third-order valence-corrected chi connectivity index (χ3v) is 5.87. The zero-order chi connectivity index (χ0) is 20.9. The smallest absolute Gasteiger partial charge is 0.319 e. The monoisotopic (exact) mass is 417 g/mol. The molecule has 0 aliphatic heterocycles. The van der Waals surface area contributed by atoms with Gasteiger partial charge in [-0.15, -0.1) is 11.3 Å². The second kappa shape index (κ2) is 8.97. The zero-order valence-electron chi connectivity index (χ0n) is 16.9. The van der Waals surface area contributed by atoms with Crippen LogP contribution in [-0.2, 0) is 6.42 Å². The third-order valence-electron chi connectivity index (χ3n) is 4.81. The van der Waals surface area contributed by atoms with Crippen LogP contribution >= 0.6 is 11.3 Å². The van der Waals surface area contributed by atoms with Crippen molar-refractivity contribution in [3.8, 4) is 16.3 Å². The quantitative estimate of drug-likeness (QED) is 0.426. The van der Waals surface area contributed by atoms with Crippen molar-refractivity contribution in [2.45, 2.75) is 13.3 Å². The van der Waals surface area contributed by atoms with Crippen LogP contribution in [0.5, 0.6) is 5.75 Å². The van der Waals surface area contributed by atoms with Gasteiger partial charge in [0.2, 0.25) is 0 Å². The molecule has 30 heavy (non-hydrogen) atoms. The summed E-state index contributed by atoms with van der Waals surface area (Å²) < 4.78 is 6.52. The number of carbonyl (C=O) groups is 1. The summed E-state index contributed by atoms with van der Waals surface area (Å²) in [4.78, 5) is 16.9. The molecule has 0 atom stereocenters. The van der Waals surface area contributed by atoms with E-state index in [1.54, 1.807) is 18.4 Å². The molecule has 5 nitrogen and oxygen atoms in total. The van der Waals surface area contributed by atoms with Crippen molar-refractivity contribution in [1.29, 1.82) is 0 Å². The highest BCUT2D eigenvalue weighted by atomic mass is 32.1. The molecule has 0 saturated carbocycles. The molecule has 2 N–H and O–H groups in total. The Morgan fingerprint density at radius 3 is 2.67 bits per heavy atom. The number of methoxy groups -OCH3 is 1. The summed E-state index contributed by atoms with van der Waals surface area (Å²) in [6.07, 6.45) is 0.702. The van der Waals surface area contributed by atoms with Crippen molar-refractivity contribution in [2.24, 2.45) is 0 Å². The normalized spacial score (nSPS) is 10.7. The molecular weight excluding hydrogens is 394 g/mol. The van der Waals surface area contributed by atoms with E-state index >= 15 is 0 Å². The highest BCUT2D eigenvalue weighted by molar-refractivity contribution is 7.21. The summed E-state index contributed by atoms with van der Waals surface area (Å²) in [5, 5.41) is 6.73. The van der Waals surface area contributed by atoms with Gasteiger partial charge in [0, 0.05) is 17.8 Å². The lowest BCUT2D eigenvalue weighted by molar-refractivity contribution is 0.252. The predicted molar refractivity (Wildman–Crippen MR) is 124 cm³/mol. The summed E-state index contributed by atoms with van der Waals surface area (Å²) in [5.74, 6) is 0.834. The number of ether oxygens (including phenoxy) is 1. The van der Waals surface area contributed by atoms with Crippen LogP contribution in [0, 0.1) is 6.92 Å². The van der Waals surface area contributed by atoms with E-state index in [2.05, 4.69) is 35.8 Å². The second-order valence-corrected chi connectivity index (χ2v) is 8.04. The van der Waals surface area contributed by atoms with Gasteiger partial charge in [-0.25, -0.2) is 9.78 Å². The molecule has 0 radical (unpaired) electrons. The van der Waals surface area contributed by atoms with E-state index in [1.807, 2.05) is 48.5 Å². The van der Waals surface area contributed by atoms with Crippen LogP contribution in [0.4, 0.5) is 10.5 Å². The molecule has 152 valence electrons. The van der Waals surface area contributed by atoms with E-state index in [0.29, 0.717) is 13.0 Å². The first-order chi connectivity index (χ1) is 14.6. The van der Waals surface area contributed by atoms with Crippen LogP contribution in [0.3, 0.4) is 0 Å². The molecular formula is C24H23N3O2S. The van der Waals surface area contributed by atoms with Gasteiger partial charge < -0.3 is 15.4 Å². The molecule has 1 aromatic heterocycles. The van der Waals surface area contributed by atoms with Crippen molar-refractivity contribution in [2.75, 3.05) is 19.0 Å². The molecule has 0 aliphatic rings. The lowest BCUT2D eigenvalue weighted by atomic mass is 10.1. The van der Waals surface area contributed by atoms with E-state index in [0.717, 1.165) is 33.1 Å². The minimum atomic E-state index is -0.229. The first-order valence-electron chi connectivity index (χ1n) is 9.77. The number of carbonyl (C=O) groups excluding carboxylic acids is 1. The number of urea groups is 1. The maximum Gasteiger partial charge on any atom is 0.319 e. The molecule has 2 amide bonds. The van der Waals surface area contributed by atoms with Crippen molar-refractivity contribution < 1.29 is 9.53 Å². The van der Waals surface area contributed by atoms with E-state index < -0.39 is 0 Å². The molecule has 0 aliphatic carbocycles. The average molecular weight is 418 g/mol. The Morgan fingerprint density at radius 2 is 1.87 bits per heavy atom. The topological polar surface area (TPSA) is 63.2 Å². The van der Waals surface area contributed by atoms with Crippen molar-refractivity contribution in [1.82, 2.24) is 10.3 Å². The van der Waals surface area contributed by atoms with Gasteiger partial charge in [0.05, 0.1) is 17.3 Å². The second-order valence-electron chi connectivity index (χ2n) is 7.01. The molecule has 0 saturated heterocycles. The van der Waals surface area contributed by atoms with Crippen LogP contribution in [-0.4, -0.2) is 24.7 Å². The number of aromatic nitrogens is 1. The Morgan fingerprint density at radius 1 is 1.07 bits per heavy atom. The van der Waals surface area contributed by atoms with Crippen molar-refractivity contribution >= 4 is 33.3 Å². The van der Waals surface area contributed by atoms with E-state index in [1.165, 1.54) is 10.3 Å². The summed E-state index contributed by atoms with van der Waals surface area (Å²) in [6.45, 7) is 2.61. The number of rotatable bonds is 6. The number of benzene rings is 3. The van der Waals surface area contributed by atoms with Crippen LogP contribution in [0.15, 0.2) is 66.7 Å². The first-order valence-corrected chi connectivity index (χ1v) is 10.6. The Labute approximate surface area is 179 Å². The third kappa shape index (κ3) is 4.60. The standard InChI is InChI=1S/C24H23N3O2S/c1-16-7-12-20-22(15-16)30-23(27-20)18-8-10-19(11-9-18)26-24(28)25-14-13-17-5-3-4-6-21(17)29-2/h3-12,15H,13-14H2,1-2H3,(H2,25,26,28). The molecule has 4 aromatic rings. The lowest BCUT2D eigenvalue weighted by Crippen LogP contribution is -2.30. The number of thiazole rings is 1. The van der Waals surface area contributed by atoms with Crippen molar-refractivity contribution in [3.63, 3.8) is 0 Å². The number of hydrogen-bond donors (Lipinski definition) is 2. The number of nitrogens with zero attached hydrogens (tertiary/aromatic N) is 1. The summed E-state index contributed by atoms with van der Waals surface area (Å²) >= 11 is 1.68. The Bertz CT molecular complexity index is 1170. The van der Waals surface area contributed by atoms with Gasteiger partial charge in [-0.2, -0.15) is 0 Å². The number of amides is 2. The number of para-hydroxylation sites is 1. The molecule has 0 spiro atoms. The fourth-order valence-electron chi connectivity index (χ4n) is 3.25. The number of anilines is 1. The number of nitrogens with one attached hydrogen (secondary N) is 2. The Balaban J connectivity index is 1.34. The van der Waals surface area contributed by atoms with Crippen LogP contribution < -0.4 is 15.4 Å². The largest absolute Gasteiger partial charge is 0.496 e. The van der Waals surface area contributed by atoms with Gasteiger partial charge in [0.25, 0.3) is 0 Å². The Kier molecular flexibility index (Phi) is 5.95. The fourth-order valence-corrected chi connectivity index (χ4v) is 4.32. The predicted octanol–water partition coefficient (Wildman–Crippen LogP) is 5.64. The van der Waals surface area contributed by atoms with Crippen LogP contribution in [0.25, 0.3) is 20.8 Å². The molecule has 6 heteroatoms. The molecule has 0 bridgehead atoms. The maximum atomic E-state index is 12.2. The highest BCUT2D eigenvalue weighted by Crippen LogP contribution is 2.31. The molecule has 4 rings (SSSR count). The number of fused-ring (bicyclic) bond motifs is 1. The first kappa shape index (κ1) is 19.9. The zero-order valence-corrected chi connectivity index (χ0v) is 17.8. The average Bonchev–Trinajstić information content (AvgIpc) is 3.18. The highest BCUT2D eigenvalue weighted by Gasteiger charge is 2.08. The summed E-state index contributed by atoms with van der Waals surface area (Å²) in [6, 6.07) is 21.6. The maximum absolute atomic E-state index is 12.2. The van der Waals surface area contributed by atoms with Crippen molar-refractivity contribution in [3.05, 3.63) is 77.9 Å². The summed E-state index contributed by atoms with van der Waals surface area (Å²) in [5.41, 5.74) is 5.09. The minimum Gasteiger partial charge on any atom is -0.496 e. The van der Waals surface area contributed by atoms with Gasteiger partial charge in [0.15, 0.2) is 0 Å². The molecule has 0 fully saturated rings. The van der Waals surface area contributed by atoms with Crippen LogP contribution in [0.1, 0.15) is 11.1 Å². The molecule has 1 heterocycles. The van der Waals surface area contributed by atoms with Gasteiger partial charge in [-0.1, -0.05) is 24.3 Å². The Hall–Kier alpha value is -3.38. The lowest BCUT2D eigenvalue weighted by Gasteiger charge is -2.10. The number of hydrogen-bond acceptors (Lipinski definition) is 4. The van der Waals surface area contributed by atoms with Gasteiger partial charge in [0.1, 0.15) is 10.8 Å². The summed E-state index contributed by atoms with van der Waals surface area (Å²) in [7, 11) is 1.65. The van der Waals surface area contributed by atoms with E-state index in [9.17, 15) is 4.79 Å².